The van der Waals surface area contributed by atoms with Crippen molar-refractivity contribution in [1.29, 1.82) is 0 Å². The molecule has 0 N–H and O–H groups in total. The highest BCUT2D eigenvalue weighted by Gasteiger charge is 2.30. The normalized spacial score (nSPS) is 23.8. The zero-order valence-corrected chi connectivity index (χ0v) is 17.9. The molecule has 0 spiro atoms. The van der Waals surface area contributed by atoms with Gasteiger partial charge in [0.25, 0.3) is 5.19 Å². The summed E-state index contributed by atoms with van der Waals surface area (Å²) in [7, 11) is 0. The zero-order valence-electron chi connectivity index (χ0n) is 17.1. The third kappa shape index (κ3) is 5.47. The summed E-state index contributed by atoms with van der Waals surface area (Å²) in [5.41, 5.74) is 0. The number of aromatic nitrogens is 1. The Bertz CT molecular complexity index is 587. The monoisotopic (exact) mass is 405 g/mol. The van der Waals surface area contributed by atoms with Crippen molar-refractivity contribution in [3.63, 3.8) is 0 Å². The minimum Gasteiger partial charge on any atom is -0.467 e. The summed E-state index contributed by atoms with van der Waals surface area (Å²) in [5, 5.41) is 2.77. The zero-order chi connectivity index (χ0) is 19.2. The first-order valence-corrected chi connectivity index (χ1v) is 12.2. The van der Waals surface area contributed by atoms with Crippen molar-refractivity contribution in [1.82, 2.24) is 14.8 Å². The lowest BCUT2D eigenvalue weighted by atomic mass is 9.86. The number of thiazole rings is 1. The number of carbonyl (C=O) groups is 1. The molecule has 1 aliphatic carbocycles. The molecule has 5 nitrogen and oxygen atoms in total. The third-order valence-corrected chi connectivity index (χ3v) is 7.64. The van der Waals surface area contributed by atoms with Crippen LogP contribution in [0.1, 0.15) is 70.6 Å². The van der Waals surface area contributed by atoms with E-state index in [1.807, 2.05) is 5.38 Å². The van der Waals surface area contributed by atoms with Crippen molar-refractivity contribution < 1.29 is 9.53 Å². The largest absolute Gasteiger partial charge is 0.467 e. The van der Waals surface area contributed by atoms with Crippen molar-refractivity contribution in [3.05, 3.63) is 11.6 Å². The highest BCUT2D eigenvalue weighted by Crippen LogP contribution is 2.28. The molecule has 3 fully saturated rings. The fraction of sp³-hybridized carbons (Fsp3) is 0.818. The predicted octanol–water partition coefficient (Wildman–Crippen LogP) is 4.34. The third-order valence-electron chi connectivity index (χ3n) is 6.98. The number of hydrogen-bond donors (Lipinski definition) is 0. The molecular formula is C22H35N3O2S. The number of ether oxygens (including phenoxy) is 1. The minimum atomic E-state index is 0.309. The average molecular weight is 406 g/mol. The van der Waals surface area contributed by atoms with E-state index in [4.69, 9.17) is 4.74 Å². The summed E-state index contributed by atoms with van der Waals surface area (Å²) in [6.07, 6.45) is 15.3. The Hall–Kier alpha value is -1.14. The van der Waals surface area contributed by atoms with Gasteiger partial charge in [0.2, 0.25) is 5.91 Å². The van der Waals surface area contributed by atoms with E-state index in [-0.39, 0.29) is 0 Å². The minimum absolute atomic E-state index is 0.309. The van der Waals surface area contributed by atoms with E-state index >= 15 is 0 Å². The average Bonchev–Trinajstić information content (AvgIpc) is 3.26. The highest BCUT2D eigenvalue weighted by molar-refractivity contribution is 7.11. The number of hydrogen-bond acceptors (Lipinski definition) is 5. The number of nitrogens with zero attached hydrogens (tertiary/aromatic N) is 3. The molecular weight excluding hydrogens is 370 g/mol. The summed E-state index contributed by atoms with van der Waals surface area (Å²) in [5.74, 6) is 1.21. The van der Waals surface area contributed by atoms with E-state index in [1.165, 1.54) is 32.1 Å². The lowest BCUT2D eigenvalue weighted by Crippen LogP contribution is -2.50. The van der Waals surface area contributed by atoms with Crippen LogP contribution in [0, 0.1) is 5.92 Å². The maximum atomic E-state index is 12.6. The molecule has 28 heavy (non-hydrogen) atoms. The van der Waals surface area contributed by atoms with Crippen LogP contribution in [0.3, 0.4) is 0 Å². The summed E-state index contributed by atoms with van der Waals surface area (Å²) in [6, 6.07) is 0.642. The summed E-state index contributed by atoms with van der Waals surface area (Å²) >= 11 is 1.58. The van der Waals surface area contributed by atoms with E-state index in [1.54, 1.807) is 17.5 Å². The molecule has 6 heteroatoms. The van der Waals surface area contributed by atoms with Crippen molar-refractivity contribution in [2.24, 2.45) is 5.92 Å². The molecule has 156 valence electrons. The summed E-state index contributed by atoms with van der Waals surface area (Å²) in [6.45, 7) is 4.11. The van der Waals surface area contributed by atoms with Crippen LogP contribution in [0.5, 0.6) is 5.19 Å². The Balaban J connectivity index is 1.14. The van der Waals surface area contributed by atoms with E-state index in [0.717, 1.165) is 75.8 Å². The van der Waals surface area contributed by atoms with Crippen molar-refractivity contribution >= 4 is 17.2 Å². The lowest BCUT2D eigenvalue weighted by Gasteiger charge is -2.41. The highest BCUT2D eigenvalue weighted by atomic mass is 32.1. The van der Waals surface area contributed by atoms with Crippen LogP contribution < -0.4 is 4.74 Å². The van der Waals surface area contributed by atoms with Crippen LogP contribution in [-0.4, -0.2) is 59.0 Å². The predicted molar refractivity (Wildman–Crippen MR) is 113 cm³/mol. The number of piperidine rings is 2. The van der Waals surface area contributed by atoms with Crippen LogP contribution in [0.4, 0.5) is 0 Å². The molecule has 3 heterocycles. The Labute approximate surface area is 173 Å². The molecule has 1 aromatic heterocycles. The van der Waals surface area contributed by atoms with Crippen molar-refractivity contribution in [3.8, 4) is 5.19 Å². The second-order valence-electron chi connectivity index (χ2n) is 8.81. The Kier molecular flexibility index (Phi) is 7.24. The number of amides is 1. The maximum absolute atomic E-state index is 12.6. The van der Waals surface area contributed by atoms with Gasteiger partial charge in [-0.25, -0.2) is 4.98 Å². The van der Waals surface area contributed by atoms with E-state index in [9.17, 15) is 4.79 Å². The lowest BCUT2D eigenvalue weighted by molar-refractivity contribution is -0.133. The van der Waals surface area contributed by atoms with Gasteiger partial charge >= 0.3 is 0 Å². The van der Waals surface area contributed by atoms with E-state index in [0.29, 0.717) is 18.1 Å². The second kappa shape index (κ2) is 10.1. The molecule has 1 saturated carbocycles. The first-order chi connectivity index (χ1) is 13.8. The molecule has 1 aromatic rings. The van der Waals surface area contributed by atoms with Gasteiger partial charge in [-0.3, -0.25) is 9.69 Å². The van der Waals surface area contributed by atoms with Gasteiger partial charge in [-0.15, -0.1) is 0 Å². The first kappa shape index (κ1) is 20.1. The molecule has 0 bridgehead atoms. The molecule has 0 unspecified atom stereocenters. The topological polar surface area (TPSA) is 45.7 Å². The summed E-state index contributed by atoms with van der Waals surface area (Å²) in [4.78, 5) is 21.6. The Morgan fingerprint density at radius 2 is 1.79 bits per heavy atom. The molecule has 0 radical (unpaired) electrons. The quantitative estimate of drug-likeness (QED) is 0.706. The van der Waals surface area contributed by atoms with E-state index < -0.39 is 0 Å². The maximum Gasteiger partial charge on any atom is 0.273 e. The van der Waals surface area contributed by atoms with Crippen LogP contribution >= 0.6 is 11.3 Å². The van der Waals surface area contributed by atoms with Crippen LogP contribution in [0.2, 0.25) is 0 Å². The molecule has 2 aliphatic heterocycles. The van der Waals surface area contributed by atoms with Gasteiger partial charge in [-0.2, -0.15) is 0 Å². The van der Waals surface area contributed by atoms with Crippen LogP contribution in [-0.2, 0) is 4.79 Å². The molecule has 4 rings (SSSR count). The molecule has 0 atom stereocenters. The SMILES string of the molecule is O=C(CCC1CCCCC1)N1CCC(N2CCC(Oc3nccs3)CC2)CC1. The molecule has 2 saturated heterocycles. The van der Waals surface area contributed by atoms with Crippen molar-refractivity contribution in [2.75, 3.05) is 26.2 Å². The van der Waals surface area contributed by atoms with Gasteiger partial charge in [0.05, 0.1) is 0 Å². The van der Waals surface area contributed by atoms with Gasteiger partial charge in [0.15, 0.2) is 0 Å². The second-order valence-corrected chi connectivity index (χ2v) is 9.66. The Morgan fingerprint density at radius 1 is 1.04 bits per heavy atom. The van der Waals surface area contributed by atoms with Crippen LogP contribution in [0.15, 0.2) is 11.6 Å². The van der Waals surface area contributed by atoms with Gasteiger partial charge in [-0.1, -0.05) is 43.4 Å². The smallest absolute Gasteiger partial charge is 0.273 e. The standard InChI is InChI=1S/C22H35N3O2S/c26-21(7-6-18-4-2-1-3-5-18)25-13-8-19(9-14-25)24-15-10-20(11-16-24)27-22-23-12-17-28-22/h12,17-20H,1-11,13-16H2. The van der Waals surface area contributed by atoms with Gasteiger partial charge in [-0.05, 0) is 38.0 Å². The number of carbonyl (C=O) groups excluding carboxylic acids is 1. The summed E-state index contributed by atoms with van der Waals surface area (Å²) < 4.78 is 5.98. The van der Waals surface area contributed by atoms with E-state index in [2.05, 4.69) is 14.8 Å². The fourth-order valence-electron chi connectivity index (χ4n) is 5.21. The van der Waals surface area contributed by atoms with Gasteiger partial charge in [0.1, 0.15) is 6.10 Å². The fourth-order valence-corrected chi connectivity index (χ4v) is 5.76. The Morgan fingerprint density at radius 3 is 2.46 bits per heavy atom. The van der Waals surface area contributed by atoms with Gasteiger partial charge in [0, 0.05) is 50.2 Å². The molecule has 3 aliphatic rings. The molecule has 0 aromatic carbocycles. The van der Waals surface area contributed by atoms with Gasteiger partial charge < -0.3 is 9.64 Å². The first-order valence-electron chi connectivity index (χ1n) is 11.4. The van der Waals surface area contributed by atoms with Crippen LogP contribution in [0.25, 0.3) is 0 Å². The van der Waals surface area contributed by atoms with Crippen molar-refractivity contribution in [2.45, 2.75) is 82.8 Å². The number of likely N-dealkylation sites (tertiary alicyclic amines) is 2. The molecule has 1 amide bonds. The number of rotatable bonds is 6.